The monoisotopic (exact) mass is 535 g/mol. The molecule has 1 amide bonds. The molecule has 220 valence electrons. The maximum absolute atomic E-state index is 12.7. The van der Waals surface area contributed by atoms with Gasteiger partial charge in [-0.25, -0.2) is 0 Å². The van der Waals surface area contributed by atoms with Crippen LogP contribution in [0.5, 0.6) is 0 Å². The van der Waals surface area contributed by atoms with Crippen LogP contribution in [0.3, 0.4) is 0 Å². The molecule has 4 fully saturated rings. The molecule has 4 rings (SSSR count). The van der Waals surface area contributed by atoms with Crippen molar-refractivity contribution in [1.82, 2.24) is 5.32 Å². The minimum absolute atomic E-state index is 0.108. The summed E-state index contributed by atoms with van der Waals surface area (Å²) in [5, 5.41) is 36.7. The number of quaternary nitrogens is 1. The molecule has 0 spiro atoms. The molecule has 0 radical (unpaired) electrons. The molecular weight excluding hydrogens is 476 g/mol. The van der Waals surface area contributed by atoms with Crippen LogP contribution in [-0.2, 0) is 4.79 Å². The Morgan fingerprint density at radius 3 is 2.47 bits per heavy atom. The molecular formula is C32H59N2O4+. The summed E-state index contributed by atoms with van der Waals surface area (Å²) in [4.78, 5) is 12.7. The Balaban J connectivity index is 1.35. The van der Waals surface area contributed by atoms with Gasteiger partial charge in [0.1, 0.15) is 0 Å². The van der Waals surface area contributed by atoms with Crippen molar-refractivity contribution in [1.29, 1.82) is 0 Å². The van der Waals surface area contributed by atoms with E-state index >= 15 is 0 Å². The first-order valence-electron chi connectivity index (χ1n) is 16.0. The molecule has 0 aliphatic heterocycles. The van der Waals surface area contributed by atoms with Gasteiger partial charge in [-0.1, -0.05) is 34.1 Å². The van der Waals surface area contributed by atoms with Crippen LogP contribution < -0.4 is 5.32 Å². The predicted molar refractivity (Wildman–Crippen MR) is 152 cm³/mol. The molecule has 0 saturated heterocycles. The van der Waals surface area contributed by atoms with Crippen molar-refractivity contribution < 1.29 is 24.6 Å². The first-order chi connectivity index (χ1) is 17.8. The van der Waals surface area contributed by atoms with E-state index in [1.165, 1.54) is 12.8 Å². The summed E-state index contributed by atoms with van der Waals surface area (Å²) in [6.45, 7) is 12.0. The number of hydrogen-bond acceptors (Lipinski definition) is 4. The van der Waals surface area contributed by atoms with E-state index in [2.05, 4.69) is 47.1 Å². The van der Waals surface area contributed by atoms with Gasteiger partial charge >= 0.3 is 0 Å². The Labute approximate surface area is 232 Å². The molecule has 6 nitrogen and oxygen atoms in total. The van der Waals surface area contributed by atoms with E-state index in [0.717, 1.165) is 75.5 Å². The van der Waals surface area contributed by atoms with Crippen LogP contribution in [-0.4, -0.2) is 77.8 Å². The lowest BCUT2D eigenvalue weighted by molar-refractivity contribution is -0.889. The number of hydrogen-bond donors (Lipinski definition) is 4. The normalized spacial score (nSPS) is 43.6. The van der Waals surface area contributed by atoms with Crippen LogP contribution in [0.2, 0.25) is 0 Å². The quantitative estimate of drug-likeness (QED) is 0.313. The third-order valence-corrected chi connectivity index (χ3v) is 12.5. The maximum atomic E-state index is 12.7. The van der Waals surface area contributed by atoms with E-state index in [4.69, 9.17) is 0 Å². The largest absolute Gasteiger partial charge is 0.393 e. The Hall–Kier alpha value is -0.690. The van der Waals surface area contributed by atoms with Gasteiger partial charge in [-0.05, 0) is 104 Å². The fourth-order valence-corrected chi connectivity index (χ4v) is 9.98. The summed E-state index contributed by atoms with van der Waals surface area (Å²) in [6, 6.07) is 0. The number of fused-ring (bicyclic) bond motifs is 5. The number of aliphatic hydroxyl groups is 3. The number of rotatable bonds is 10. The van der Waals surface area contributed by atoms with Crippen molar-refractivity contribution in [2.75, 3.05) is 33.7 Å². The SMILES string of the molecule is CCCC[N+](C)(C)CCNC(=O)CC[C@@H](C)[C@H]1CCC2C3C(C[C@H](O)[C@@]21C)[C@@]1(C)CC[C@@H](O)CC1C[C@H]3O. The molecule has 4 saturated carbocycles. The van der Waals surface area contributed by atoms with E-state index in [9.17, 15) is 20.1 Å². The summed E-state index contributed by atoms with van der Waals surface area (Å²) < 4.78 is 0.943. The van der Waals surface area contributed by atoms with Gasteiger partial charge in [0.2, 0.25) is 5.91 Å². The fraction of sp³-hybridized carbons (Fsp3) is 0.969. The van der Waals surface area contributed by atoms with Crippen LogP contribution in [0, 0.1) is 46.3 Å². The lowest BCUT2D eigenvalue weighted by atomic mass is 9.43. The number of likely N-dealkylation sites (N-methyl/N-ethyl adjacent to an activating group) is 1. The molecule has 4 aliphatic rings. The zero-order valence-corrected chi connectivity index (χ0v) is 25.3. The second-order valence-corrected chi connectivity index (χ2v) is 15.1. The van der Waals surface area contributed by atoms with Crippen molar-refractivity contribution >= 4 is 5.91 Å². The molecule has 4 aliphatic carbocycles. The number of unbranched alkanes of at least 4 members (excludes halogenated alkanes) is 1. The van der Waals surface area contributed by atoms with E-state index in [1.807, 2.05) is 0 Å². The van der Waals surface area contributed by atoms with Crippen LogP contribution in [0.15, 0.2) is 0 Å². The summed E-state index contributed by atoms with van der Waals surface area (Å²) in [7, 11) is 4.48. The van der Waals surface area contributed by atoms with Gasteiger partial charge in [-0.2, -0.15) is 0 Å². The highest BCUT2D eigenvalue weighted by atomic mass is 16.3. The van der Waals surface area contributed by atoms with Crippen LogP contribution in [0.1, 0.15) is 98.3 Å². The molecule has 4 unspecified atom stereocenters. The highest BCUT2D eigenvalue weighted by molar-refractivity contribution is 5.75. The van der Waals surface area contributed by atoms with Crippen molar-refractivity contribution in [3.8, 4) is 0 Å². The number of carbonyl (C=O) groups excluding carboxylic acids is 1. The Kier molecular flexibility index (Phi) is 9.29. The van der Waals surface area contributed by atoms with Gasteiger partial charge in [-0.15, -0.1) is 0 Å². The lowest BCUT2D eigenvalue weighted by Gasteiger charge is -2.63. The third-order valence-electron chi connectivity index (χ3n) is 12.5. The smallest absolute Gasteiger partial charge is 0.220 e. The molecule has 11 atom stereocenters. The van der Waals surface area contributed by atoms with E-state index in [1.54, 1.807) is 0 Å². The first kappa shape index (κ1) is 30.3. The van der Waals surface area contributed by atoms with Crippen LogP contribution in [0.4, 0.5) is 0 Å². The van der Waals surface area contributed by atoms with E-state index in [0.29, 0.717) is 36.0 Å². The predicted octanol–water partition coefficient (Wildman–Crippen LogP) is 4.36. The fourth-order valence-electron chi connectivity index (χ4n) is 9.98. The Bertz CT molecular complexity index is 819. The molecule has 6 heteroatoms. The highest BCUT2D eigenvalue weighted by Crippen LogP contribution is 2.68. The summed E-state index contributed by atoms with van der Waals surface area (Å²) >= 11 is 0. The standard InChI is InChI=1S/C32H58N2O4/c1-7-8-16-34(5,6)17-15-33-29(38)12-9-21(2)24-10-11-25-30-26(20-28(37)32(24,25)4)31(3)14-13-23(35)18-22(31)19-27(30)36/h21-28,30,35-37H,7-20H2,1-6H3/p+1/t21-,22?,23-,24-,25?,26?,27-,28+,30?,31+,32-/m1/s1. The van der Waals surface area contributed by atoms with Gasteiger partial charge in [0.05, 0.1) is 52.0 Å². The van der Waals surface area contributed by atoms with E-state index < -0.39 is 0 Å². The average molecular weight is 536 g/mol. The summed E-state index contributed by atoms with van der Waals surface area (Å²) in [6.07, 6.45) is 9.26. The van der Waals surface area contributed by atoms with Gasteiger partial charge < -0.3 is 25.1 Å². The van der Waals surface area contributed by atoms with Gasteiger partial charge in [0, 0.05) is 6.42 Å². The van der Waals surface area contributed by atoms with Crippen molar-refractivity contribution in [3.05, 3.63) is 0 Å². The van der Waals surface area contributed by atoms with Crippen molar-refractivity contribution in [3.63, 3.8) is 0 Å². The number of carbonyl (C=O) groups is 1. The molecule has 38 heavy (non-hydrogen) atoms. The second-order valence-electron chi connectivity index (χ2n) is 15.1. The topological polar surface area (TPSA) is 89.8 Å². The number of nitrogens with zero attached hydrogens (tertiary/aromatic N) is 1. The van der Waals surface area contributed by atoms with Gasteiger partial charge in [0.25, 0.3) is 0 Å². The van der Waals surface area contributed by atoms with Gasteiger partial charge in [-0.3, -0.25) is 4.79 Å². The molecule has 0 aromatic carbocycles. The Morgan fingerprint density at radius 1 is 1.03 bits per heavy atom. The first-order valence-corrected chi connectivity index (χ1v) is 16.0. The van der Waals surface area contributed by atoms with Gasteiger partial charge in [0.15, 0.2) is 0 Å². The number of nitrogens with one attached hydrogen (secondary N) is 1. The molecule has 0 heterocycles. The number of amides is 1. The van der Waals surface area contributed by atoms with E-state index in [-0.39, 0.29) is 41.0 Å². The zero-order chi connectivity index (χ0) is 27.9. The lowest BCUT2D eigenvalue weighted by Crippen LogP contribution is -2.62. The van der Waals surface area contributed by atoms with Crippen LogP contribution >= 0.6 is 0 Å². The number of aliphatic hydroxyl groups excluding tert-OH is 3. The maximum Gasteiger partial charge on any atom is 0.220 e. The summed E-state index contributed by atoms with van der Waals surface area (Å²) in [5.41, 5.74) is -0.0900. The Morgan fingerprint density at radius 2 is 1.76 bits per heavy atom. The molecule has 0 bridgehead atoms. The van der Waals surface area contributed by atoms with Crippen molar-refractivity contribution in [2.24, 2.45) is 46.3 Å². The molecule has 0 aromatic rings. The zero-order valence-electron chi connectivity index (χ0n) is 25.3. The summed E-state index contributed by atoms with van der Waals surface area (Å²) in [5.74, 6) is 2.16. The highest BCUT2D eigenvalue weighted by Gasteiger charge is 2.65. The minimum atomic E-state index is -0.365. The second kappa shape index (κ2) is 11.7. The minimum Gasteiger partial charge on any atom is -0.393 e. The molecule has 4 N–H and O–H groups in total. The molecule has 0 aromatic heterocycles. The van der Waals surface area contributed by atoms with Crippen LogP contribution in [0.25, 0.3) is 0 Å². The average Bonchev–Trinajstić information content (AvgIpc) is 3.21. The third kappa shape index (κ3) is 5.71. The van der Waals surface area contributed by atoms with Crippen molar-refractivity contribution in [2.45, 2.75) is 117 Å².